The average Bonchev–Trinajstić information content (AvgIpc) is 2.68. The molecule has 1 unspecified atom stereocenters. The maximum atomic E-state index is 11.8. The minimum absolute atomic E-state index is 0.0221. The van der Waals surface area contributed by atoms with Crippen LogP contribution in [0.15, 0.2) is 12.4 Å². The first-order chi connectivity index (χ1) is 9.35. The first-order valence-corrected chi connectivity index (χ1v) is 8.28. The molecule has 1 fully saturated rings. The molecule has 0 aliphatic carbocycles. The second kappa shape index (κ2) is 5.74. The number of hydrogen-bond acceptors (Lipinski definition) is 6. The molecule has 1 aliphatic rings. The van der Waals surface area contributed by atoms with Crippen molar-refractivity contribution in [1.29, 1.82) is 0 Å². The molecule has 8 heteroatoms. The van der Waals surface area contributed by atoms with Crippen LogP contribution in [-0.2, 0) is 9.84 Å². The Bertz CT molecular complexity index is 600. The van der Waals surface area contributed by atoms with Crippen molar-refractivity contribution >= 4 is 21.6 Å². The minimum atomic E-state index is -2.94. The van der Waals surface area contributed by atoms with E-state index in [1.165, 1.54) is 12.4 Å². The number of carbonyl (C=O) groups excluding carboxylic acids is 1. The SMILES string of the molecule is CC(C)NC(=O)c1cc(NC2CCS(=O)(=O)C2)ncn1. The average molecular weight is 298 g/mol. The topological polar surface area (TPSA) is 101 Å². The summed E-state index contributed by atoms with van der Waals surface area (Å²) in [6.07, 6.45) is 1.85. The molecule has 1 aromatic rings. The molecule has 0 aromatic carbocycles. The molecule has 2 rings (SSSR count). The highest BCUT2D eigenvalue weighted by molar-refractivity contribution is 7.91. The van der Waals surface area contributed by atoms with Gasteiger partial charge in [0.2, 0.25) is 0 Å². The van der Waals surface area contributed by atoms with Gasteiger partial charge in [0.05, 0.1) is 11.5 Å². The Hall–Kier alpha value is -1.70. The van der Waals surface area contributed by atoms with Crippen LogP contribution in [0.4, 0.5) is 5.82 Å². The molecule has 1 aliphatic heterocycles. The highest BCUT2D eigenvalue weighted by Gasteiger charge is 2.28. The second-order valence-electron chi connectivity index (χ2n) is 5.16. The van der Waals surface area contributed by atoms with E-state index < -0.39 is 9.84 Å². The highest BCUT2D eigenvalue weighted by Crippen LogP contribution is 2.16. The Morgan fingerprint density at radius 2 is 2.15 bits per heavy atom. The molecule has 0 saturated carbocycles. The van der Waals surface area contributed by atoms with E-state index in [9.17, 15) is 13.2 Å². The van der Waals surface area contributed by atoms with Crippen LogP contribution in [0.3, 0.4) is 0 Å². The summed E-state index contributed by atoms with van der Waals surface area (Å²) in [6, 6.07) is 1.40. The van der Waals surface area contributed by atoms with Gasteiger partial charge in [-0.25, -0.2) is 18.4 Å². The van der Waals surface area contributed by atoms with Crippen molar-refractivity contribution in [3.63, 3.8) is 0 Å². The van der Waals surface area contributed by atoms with Crippen LogP contribution in [-0.4, -0.2) is 47.9 Å². The van der Waals surface area contributed by atoms with Crippen LogP contribution in [0, 0.1) is 0 Å². The van der Waals surface area contributed by atoms with E-state index in [1.54, 1.807) is 0 Å². The maximum absolute atomic E-state index is 11.8. The third-order valence-corrected chi connectivity index (χ3v) is 4.67. The van der Waals surface area contributed by atoms with E-state index in [-0.39, 0.29) is 35.2 Å². The lowest BCUT2D eigenvalue weighted by Gasteiger charge is -2.12. The van der Waals surface area contributed by atoms with Crippen molar-refractivity contribution in [1.82, 2.24) is 15.3 Å². The molecule has 2 N–H and O–H groups in total. The molecule has 0 spiro atoms. The van der Waals surface area contributed by atoms with Gasteiger partial charge in [-0.15, -0.1) is 0 Å². The fraction of sp³-hybridized carbons (Fsp3) is 0.583. The zero-order valence-corrected chi connectivity index (χ0v) is 12.3. The largest absolute Gasteiger partial charge is 0.366 e. The minimum Gasteiger partial charge on any atom is -0.366 e. The van der Waals surface area contributed by atoms with Gasteiger partial charge in [0, 0.05) is 18.2 Å². The Morgan fingerprint density at radius 3 is 2.75 bits per heavy atom. The fourth-order valence-corrected chi connectivity index (χ4v) is 3.69. The van der Waals surface area contributed by atoms with Crippen molar-refractivity contribution in [3.8, 4) is 0 Å². The van der Waals surface area contributed by atoms with Crippen LogP contribution < -0.4 is 10.6 Å². The third-order valence-electron chi connectivity index (χ3n) is 2.90. The number of sulfone groups is 1. The van der Waals surface area contributed by atoms with Gasteiger partial charge in [-0.2, -0.15) is 0 Å². The molecule has 0 bridgehead atoms. The fourth-order valence-electron chi connectivity index (χ4n) is 2.01. The summed E-state index contributed by atoms with van der Waals surface area (Å²) >= 11 is 0. The summed E-state index contributed by atoms with van der Waals surface area (Å²) in [6.45, 7) is 3.73. The maximum Gasteiger partial charge on any atom is 0.270 e. The van der Waals surface area contributed by atoms with Crippen LogP contribution in [0.2, 0.25) is 0 Å². The molecule has 1 atom stereocenters. The molecule has 1 aromatic heterocycles. The predicted octanol–water partition coefficient (Wildman–Crippen LogP) is 0.214. The van der Waals surface area contributed by atoms with Crippen LogP contribution >= 0.6 is 0 Å². The number of nitrogens with zero attached hydrogens (tertiary/aromatic N) is 2. The monoisotopic (exact) mass is 298 g/mol. The van der Waals surface area contributed by atoms with Crippen molar-refractivity contribution in [2.24, 2.45) is 0 Å². The number of carbonyl (C=O) groups is 1. The van der Waals surface area contributed by atoms with Gasteiger partial charge in [-0.3, -0.25) is 4.79 Å². The Balaban J connectivity index is 2.05. The van der Waals surface area contributed by atoms with E-state index in [4.69, 9.17) is 0 Å². The number of hydrogen-bond donors (Lipinski definition) is 2. The van der Waals surface area contributed by atoms with Gasteiger partial charge < -0.3 is 10.6 Å². The Kier molecular flexibility index (Phi) is 4.22. The third kappa shape index (κ3) is 3.89. The summed E-state index contributed by atoms with van der Waals surface area (Å²) in [5, 5.41) is 5.77. The molecule has 110 valence electrons. The van der Waals surface area contributed by atoms with Gasteiger partial charge in [0.25, 0.3) is 5.91 Å². The lowest BCUT2D eigenvalue weighted by Crippen LogP contribution is -2.31. The zero-order valence-electron chi connectivity index (χ0n) is 11.5. The Labute approximate surface area is 118 Å². The highest BCUT2D eigenvalue weighted by atomic mass is 32.2. The quantitative estimate of drug-likeness (QED) is 0.824. The van der Waals surface area contributed by atoms with Crippen LogP contribution in [0.5, 0.6) is 0 Å². The molecule has 2 heterocycles. The normalized spacial score (nSPS) is 20.9. The van der Waals surface area contributed by atoms with Gasteiger partial charge in [0.15, 0.2) is 9.84 Å². The van der Waals surface area contributed by atoms with Crippen molar-refractivity contribution < 1.29 is 13.2 Å². The molecular weight excluding hydrogens is 280 g/mol. The first kappa shape index (κ1) is 14.7. The number of aromatic nitrogens is 2. The molecule has 20 heavy (non-hydrogen) atoms. The van der Waals surface area contributed by atoms with E-state index in [1.807, 2.05) is 13.8 Å². The molecule has 1 saturated heterocycles. The summed E-state index contributed by atoms with van der Waals surface area (Å²) in [7, 11) is -2.94. The summed E-state index contributed by atoms with van der Waals surface area (Å²) in [5.74, 6) is 0.488. The van der Waals surface area contributed by atoms with E-state index in [0.717, 1.165) is 0 Å². The second-order valence-corrected chi connectivity index (χ2v) is 7.39. The first-order valence-electron chi connectivity index (χ1n) is 6.45. The van der Waals surface area contributed by atoms with Gasteiger partial charge in [0.1, 0.15) is 17.8 Å². The Morgan fingerprint density at radius 1 is 1.40 bits per heavy atom. The molecule has 0 radical (unpaired) electrons. The number of amides is 1. The van der Waals surface area contributed by atoms with Crippen molar-refractivity contribution in [2.45, 2.75) is 32.4 Å². The predicted molar refractivity (Wildman–Crippen MR) is 75.3 cm³/mol. The van der Waals surface area contributed by atoms with Gasteiger partial charge in [-0.05, 0) is 20.3 Å². The smallest absolute Gasteiger partial charge is 0.270 e. The number of anilines is 1. The molecular formula is C12H18N4O3S. The summed E-state index contributed by atoms with van der Waals surface area (Å²) in [5.41, 5.74) is 0.261. The summed E-state index contributed by atoms with van der Waals surface area (Å²) in [4.78, 5) is 19.8. The van der Waals surface area contributed by atoms with Crippen molar-refractivity contribution in [2.75, 3.05) is 16.8 Å². The van der Waals surface area contributed by atoms with E-state index in [2.05, 4.69) is 20.6 Å². The standard InChI is InChI=1S/C12H18N4O3S/c1-8(2)15-12(17)10-5-11(14-7-13-10)16-9-3-4-20(18,19)6-9/h5,7-9H,3-4,6H2,1-2H3,(H,15,17)(H,13,14,16). The molecule has 7 nitrogen and oxygen atoms in total. The summed E-state index contributed by atoms with van der Waals surface area (Å²) < 4.78 is 22.8. The van der Waals surface area contributed by atoms with E-state index >= 15 is 0 Å². The number of nitrogens with one attached hydrogen (secondary N) is 2. The lowest BCUT2D eigenvalue weighted by molar-refractivity contribution is 0.0938. The lowest BCUT2D eigenvalue weighted by atomic mass is 10.2. The number of rotatable bonds is 4. The van der Waals surface area contributed by atoms with Gasteiger partial charge >= 0.3 is 0 Å². The van der Waals surface area contributed by atoms with Crippen molar-refractivity contribution in [3.05, 3.63) is 18.1 Å². The molecule has 1 amide bonds. The van der Waals surface area contributed by atoms with Gasteiger partial charge in [-0.1, -0.05) is 0 Å². The van der Waals surface area contributed by atoms with Crippen LogP contribution in [0.1, 0.15) is 30.8 Å². The van der Waals surface area contributed by atoms with Crippen LogP contribution in [0.25, 0.3) is 0 Å². The van der Waals surface area contributed by atoms with E-state index in [0.29, 0.717) is 12.2 Å². The zero-order chi connectivity index (χ0) is 14.8.